The first-order chi connectivity index (χ1) is 7.73. The van der Waals surface area contributed by atoms with E-state index in [0.717, 1.165) is 0 Å². The van der Waals surface area contributed by atoms with Gasteiger partial charge in [-0.1, -0.05) is 18.2 Å². The minimum atomic E-state index is -3.45. The molecule has 0 amide bonds. The molecule has 0 atom stereocenters. The Labute approximate surface area is 122 Å². The van der Waals surface area contributed by atoms with E-state index in [1.54, 1.807) is 18.2 Å². The largest absolute Gasteiger partial charge is 0.341 e. The third-order valence-corrected chi connectivity index (χ3v) is 12.6. The second-order valence-corrected chi connectivity index (χ2v) is 20.4. The highest BCUT2D eigenvalue weighted by Crippen LogP contribution is 2.30. The normalized spacial score (nSPS) is 13.0. The van der Waals surface area contributed by atoms with Crippen molar-refractivity contribution in [1.82, 2.24) is 0 Å². The van der Waals surface area contributed by atoms with Gasteiger partial charge in [0.1, 0.15) is 0 Å². The molecule has 0 bridgehead atoms. The zero-order valence-corrected chi connectivity index (χ0v) is 14.4. The molecule has 0 N–H and O–H groups in total. The summed E-state index contributed by atoms with van der Waals surface area (Å²) in [6.45, 7) is 0. The maximum atomic E-state index is 12.0. The van der Waals surface area contributed by atoms with Crippen molar-refractivity contribution in [2.24, 2.45) is 0 Å². The summed E-state index contributed by atoms with van der Waals surface area (Å²) in [7, 11) is -5.57. The van der Waals surface area contributed by atoms with Crippen LogP contribution in [0.2, 0.25) is 12.1 Å². The molecule has 0 aliphatic rings. The average molecular weight is 367 g/mol. The monoisotopic (exact) mass is 365 g/mol. The average Bonchev–Trinajstić information content (AvgIpc) is 2.26. The van der Waals surface area contributed by atoms with Gasteiger partial charge in [0.05, 0.1) is 4.90 Å². The molecule has 1 aromatic rings. The van der Waals surface area contributed by atoms with Gasteiger partial charge in [-0.3, -0.25) is 0 Å². The highest BCUT2D eigenvalue weighted by atomic mass is 35.8. The fourth-order valence-electron chi connectivity index (χ4n) is 1.10. The summed E-state index contributed by atoms with van der Waals surface area (Å²) in [4.78, 5) is 0.231. The zero-order chi connectivity index (χ0) is 13.1. The Kier molecular flexibility index (Phi) is 5.84. The minimum absolute atomic E-state index is 0.231. The number of benzene rings is 1. The summed E-state index contributed by atoms with van der Waals surface area (Å²) in [5, 5.41) is 0. The van der Waals surface area contributed by atoms with Crippen molar-refractivity contribution >= 4 is 66.9 Å². The van der Waals surface area contributed by atoms with Crippen molar-refractivity contribution in [3.63, 3.8) is 0 Å². The quantitative estimate of drug-likeness (QED) is 0.585. The van der Waals surface area contributed by atoms with Gasteiger partial charge in [-0.05, 0) is 24.2 Å². The molecule has 0 unspecified atom stereocenters. The van der Waals surface area contributed by atoms with Crippen LogP contribution >= 0.6 is 44.3 Å². The van der Waals surface area contributed by atoms with Crippen molar-refractivity contribution in [3.8, 4) is 0 Å². The van der Waals surface area contributed by atoms with E-state index in [4.69, 9.17) is 44.3 Å². The highest BCUT2D eigenvalue weighted by molar-refractivity contribution is 8.23. The van der Waals surface area contributed by atoms with E-state index in [2.05, 4.69) is 0 Å². The molecule has 1 rings (SSSR count). The van der Waals surface area contributed by atoms with Gasteiger partial charge in [0.15, 0.2) is 9.29 Å². The van der Waals surface area contributed by atoms with Crippen LogP contribution in [-0.4, -0.2) is 21.7 Å². The predicted octanol–water partition coefficient (Wildman–Crippen LogP) is 3.84. The van der Waals surface area contributed by atoms with Crippen LogP contribution in [-0.2, 0) is 9.29 Å². The maximum absolute atomic E-state index is 12.0. The Balaban J connectivity index is 2.79. The first kappa shape index (κ1) is 15.8. The molecule has 0 saturated carbocycles. The Morgan fingerprint density at radius 3 is 2.12 bits per heavy atom. The molecule has 2 nitrogen and oxygen atoms in total. The number of rotatable bonds is 5. The lowest BCUT2D eigenvalue weighted by molar-refractivity contribution is 0.608. The lowest BCUT2D eigenvalue weighted by atomic mass is 10.4. The molecule has 0 heterocycles. The molecule has 1 aromatic carbocycles. The van der Waals surface area contributed by atoms with Crippen LogP contribution in [0.3, 0.4) is 0 Å². The molecule has 0 saturated heterocycles. The third kappa shape index (κ3) is 5.10. The zero-order valence-electron chi connectivity index (χ0n) is 8.54. The van der Waals surface area contributed by atoms with Crippen LogP contribution in [0.4, 0.5) is 0 Å². The number of hydrogen-bond donors (Lipinski definition) is 0. The van der Waals surface area contributed by atoms with Crippen LogP contribution in [0, 0.1) is 0 Å². The van der Waals surface area contributed by atoms with Gasteiger partial charge >= 0.3 is 13.3 Å². The standard InChI is InChI=1S/C8H9Cl4O2SSi2/c9-16(6-7-17(10,11)12)15(13,14)8-4-2-1-3-5-8/h1-5H,6-7H2. The molecule has 9 heteroatoms. The van der Waals surface area contributed by atoms with Crippen LogP contribution < -0.4 is 0 Å². The van der Waals surface area contributed by atoms with E-state index in [1.165, 1.54) is 12.1 Å². The Bertz CT molecular complexity index is 460. The summed E-state index contributed by atoms with van der Waals surface area (Å²) in [6.07, 6.45) is 0. The van der Waals surface area contributed by atoms with Crippen LogP contribution in [0.15, 0.2) is 35.2 Å². The summed E-state index contributed by atoms with van der Waals surface area (Å²) in [6, 6.07) is 5.80. The fraction of sp³-hybridized carbons (Fsp3) is 0.250. The van der Waals surface area contributed by atoms with Gasteiger partial charge in [-0.25, -0.2) is 8.42 Å². The molecule has 0 aromatic heterocycles. The van der Waals surface area contributed by atoms with Crippen LogP contribution in [0.1, 0.15) is 0 Å². The van der Waals surface area contributed by atoms with Gasteiger partial charge in [0.25, 0.3) is 0 Å². The fourth-order valence-corrected chi connectivity index (χ4v) is 11.2. The minimum Gasteiger partial charge on any atom is -0.230 e. The highest BCUT2D eigenvalue weighted by Gasteiger charge is 2.33. The van der Waals surface area contributed by atoms with Crippen molar-refractivity contribution in [3.05, 3.63) is 30.3 Å². The summed E-state index contributed by atoms with van der Waals surface area (Å²) >= 11 is 23.1. The first-order valence-electron chi connectivity index (χ1n) is 4.62. The van der Waals surface area contributed by atoms with E-state index in [1.807, 2.05) is 0 Å². The number of hydrogen-bond acceptors (Lipinski definition) is 2. The van der Waals surface area contributed by atoms with E-state index in [0.29, 0.717) is 0 Å². The van der Waals surface area contributed by atoms with E-state index in [9.17, 15) is 8.42 Å². The summed E-state index contributed by atoms with van der Waals surface area (Å²) in [5.74, 6) is 0. The Hall–Kier alpha value is 0.764. The molecule has 0 fully saturated rings. The molecule has 0 spiro atoms. The Morgan fingerprint density at radius 1 is 1.12 bits per heavy atom. The third-order valence-electron chi connectivity index (χ3n) is 1.95. The van der Waals surface area contributed by atoms with Gasteiger partial charge in [-0.2, -0.15) is 0 Å². The molecule has 95 valence electrons. The smallest absolute Gasteiger partial charge is 0.230 e. The summed E-state index contributed by atoms with van der Waals surface area (Å²) < 4.78 is 24.1. The van der Waals surface area contributed by atoms with Crippen molar-refractivity contribution in [2.75, 3.05) is 0 Å². The van der Waals surface area contributed by atoms with Gasteiger partial charge in [-0.15, -0.1) is 44.3 Å². The predicted molar refractivity (Wildman–Crippen MR) is 78.2 cm³/mol. The van der Waals surface area contributed by atoms with Crippen molar-refractivity contribution in [1.29, 1.82) is 0 Å². The maximum Gasteiger partial charge on any atom is 0.341 e. The van der Waals surface area contributed by atoms with Crippen LogP contribution in [0.5, 0.6) is 0 Å². The lowest BCUT2D eigenvalue weighted by Gasteiger charge is -2.11. The molecular formula is C8H9Cl4O2SSi2. The van der Waals surface area contributed by atoms with Gasteiger partial charge in [0, 0.05) is 0 Å². The SMILES string of the molecule is O=S(=O)(c1ccccc1)[Si](Cl)CC[Si](Cl)(Cl)Cl. The van der Waals surface area contributed by atoms with Gasteiger partial charge in [0.2, 0.25) is 0 Å². The molecule has 0 aliphatic heterocycles. The molecular weight excluding hydrogens is 358 g/mol. The Morgan fingerprint density at radius 2 is 1.65 bits per heavy atom. The topological polar surface area (TPSA) is 34.1 Å². The van der Waals surface area contributed by atoms with Crippen molar-refractivity contribution in [2.45, 2.75) is 17.0 Å². The van der Waals surface area contributed by atoms with E-state index in [-0.39, 0.29) is 17.0 Å². The number of halogens is 4. The second kappa shape index (κ2) is 6.28. The van der Waals surface area contributed by atoms with Crippen molar-refractivity contribution < 1.29 is 8.42 Å². The first-order valence-corrected chi connectivity index (χ1v) is 14.8. The van der Waals surface area contributed by atoms with E-state index >= 15 is 0 Å². The molecule has 0 aliphatic carbocycles. The second-order valence-electron chi connectivity index (χ2n) is 3.29. The van der Waals surface area contributed by atoms with Crippen LogP contribution in [0.25, 0.3) is 0 Å². The van der Waals surface area contributed by atoms with Gasteiger partial charge < -0.3 is 0 Å². The summed E-state index contributed by atoms with van der Waals surface area (Å²) in [5.41, 5.74) is 0. The lowest BCUT2D eigenvalue weighted by Crippen LogP contribution is -2.23. The molecule has 17 heavy (non-hydrogen) atoms. The van der Waals surface area contributed by atoms with E-state index < -0.39 is 22.5 Å². The molecule has 1 radical (unpaired) electrons.